The predicted molar refractivity (Wildman–Crippen MR) is 85.8 cm³/mol. The van der Waals surface area contributed by atoms with Crippen LogP contribution in [0.3, 0.4) is 0 Å². The Hall–Kier alpha value is -0.420. The first kappa shape index (κ1) is 16.6. The molecule has 0 aromatic heterocycles. The van der Waals surface area contributed by atoms with Crippen molar-refractivity contribution in [1.82, 2.24) is 0 Å². The summed E-state index contributed by atoms with van der Waals surface area (Å²) in [6.45, 7) is 4.27. The molecule has 1 rings (SSSR count). The second kappa shape index (κ2) is 7.39. The number of nitro benzene ring substituents is 1. The topological polar surface area (TPSA) is 63.4 Å². The maximum atomic E-state index is 10.6. The third kappa shape index (κ3) is 5.22. The zero-order valence-electron chi connectivity index (χ0n) is 11.0. The zero-order chi connectivity index (χ0) is 14.5. The van der Waals surface area contributed by atoms with E-state index in [2.05, 4.69) is 13.8 Å². The molecule has 0 bridgehead atoms. The Morgan fingerprint density at radius 1 is 1.47 bits per heavy atom. The molecule has 2 unspecified atom stereocenters. The molecule has 19 heavy (non-hydrogen) atoms. The third-order valence-electron chi connectivity index (χ3n) is 2.70. The highest BCUT2D eigenvalue weighted by Gasteiger charge is 2.19. The van der Waals surface area contributed by atoms with Crippen molar-refractivity contribution >= 4 is 39.6 Å². The van der Waals surface area contributed by atoms with Crippen LogP contribution in [0.4, 0.5) is 5.69 Å². The maximum Gasteiger partial charge on any atom is 0.269 e. The lowest BCUT2D eigenvalue weighted by Crippen LogP contribution is -2.04. The van der Waals surface area contributed by atoms with Gasteiger partial charge >= 0.3 is 0 Å². The molecule has 1 aromatic rings. The molecule has 0 saturated heterocycles. The van der Waals surface area contributed by atoms with E-state index in [1.807, 2.05) is 0 Å². The van der Waals surface area contributed by atoms with Crippen molar-refractivity contribution < 1.29 is 9.82 Å². The van der Waals surface area contributed by atoms with E-state index in [-0.39, 0.29) is 5.69 Å². The van der Waals surface area contributed by atoms with Crippen LogP contribution in [0.1, 0.15) is 26.7 Å². The summed E-state index contributed by atoms with van der Waals surface area (Å²) in [5.74, 6) is 1.33. The van der Waals surface area contributed by atoms with Gasteiger partial charge in [-0.05, 0) is 18.1 Å². The van der Waals surface area contributed by atoms with Crippen molar-refractivity contribution in [3.05, 3.63) is 34.4 Å². The van der Waals surface area contributed by atoms with Crippen LogP contribution in [-0.4, -0.2) is 15.6 Å². The average molecular weight is 319 g/mol. The van der Waals surface area contributed by atoms with Crippen LogP contribution in [0.5, 0.6) is 0 Å². The van der Waals surface area contributed by atoms with Crippen LogP contribution in [0.15, 0.2) is 24.3 Å². The van der Waals surface area contributed by atoms with Gasteiger partial charge in [0.15, 0.2) is 0 Å². The Kier molecular flexibility index (Phi) is 6.47. The highest BCUT2D eigenvalue weighted by atomic mass is 32.9. The van der Waals surface area contributed by atoms with E-state index >= 15 is 0 Å². The molecule has 106 valence electrons. The summed E-state index contributed by atoms with van der Waals surface area (Å²) >= 11 is 6.69. The zero-order valence-corrected chi connectivity index (χ0v) is 13.5. The average Bonchev–Trinajstić information content (AvgIpc) is 2.37. The smallest absolute Gasteiger partial charge is 0.269 e. The van der Waals surface area contributed by atoms with Gasteiger partial charge in [-0.2, -0.15) is 0 Å². The Bertz CT molecular complexity index is 478. The molecule has 0 heterocycles. The fraction of sp³-hybridized carbons (Fsp3) is 0.500. The Balaban J connectivity index is 2.71. The van der Waals surface area contributed by atoms with E-state index in [4.69, 9.17) is 11.8 Å². The summed E-state index contributed by atoms with van der Waals surface area (Å²) in [5, 5.41) is 11.2. The standard InChI is InChI=1S/C12H18NO3PS2/c1-3-4-10(2)9-19-17(16,18)12-7-5-11(6-8-12)13(14)15/h5-8,10H,3-4,9H2,1-2H3,(H,16,18). The van der Waals surface area contributed by atoms with Crippen molar-refractivity contribution in [1.29, 1.82) is 0 Å². The van der Waals surface area contributed by atoms with Crippen LogP contribution in [0.25, 0.3) is 0 Å². The van der Waals surface area contributed by atoms with E-state index in [0.717, 1.165) is 18.6 Å². The molecular weight excluding hydrogens is 301 g/mol. The quantitative estimate of drug-likeness (QED) is 0.472. The fourth-order valence-electron chi connectivity index (χ4n) is 1.64. The molecule has 0 saturated carbocycles. The first-order valence-electron chi connectivity index (χ1n) is 6.09. The summed E-state index contributed by atoms with van der Waals surface area (Å²) in [6.07, 6.45) is 2.23. The largest absolute Gasteiger partial charge is 0.354 e. The highest BCUT2D eigenvalue weighted by Crippen LogP contribution is 2.54. The van der Waals surface area contributed by atoms with Gasteiger partial charge in [0.05, 0.1) is 4.92 Å². The number of benzene rings is 1. The molecule has 0 radical (unpaired) electrons. The van der Waals surface area contributed by atoms with E-state index in [1.54, 1.807) is 12.1 Å². The molecule has 0 aliphatic rings. The number of non-ortho nitro benzene ring substituents is 1. The van der Waals surface area contributed by atoms with Crippen LogP contribution in [-0.2, 0) is 11.8 Å². The van der Waals surface area contributed by atoms with Crippen molar-refractivity contribution in [3.8, 4) is 0 Å². The van der Waals surface area contributed by atoms with Gasteiger partial charge in [-0.25, -0.2) is 0 Å². The van der Waals surface area contributed by atoms with Gasteiger partial charge in [-0.3, -0.25) is 10.1 Å². The molecule has 1 aromatic carbocycles. The summed E-state index contributed by atoms with van der Waals surface area (Å²) in [5.41, 5.74) is -2.63. The summed E-state index contributed by atoms with van der Waals surface area (Å²) < 4.78 is 0. The minimum absolute atomic E-state index is 0.0168. The second-order valence-electron chi connectivity index (χ2n) is 4.48. The van der Waals surface area contributed by atoms with E-state index in [1.165, 1.54) is 23.5 Å². The highest BCUT2D eigenvalue weighted by molar-refractivity contribution is 8.71. The minimum atomic E-state index is -2.65. The van der Waals surface area contributed by atoms with Gasteiger partial charge in [-0.1, -0.05) is 49.9 Å². The molecule has 0 fully saturated rings. The molecule has 2 atom stereocenters. The molecule has 0 aliphatic heterocycles. The summed E-state index contributed by atoms with van der Waals surface area (Å²) in [4.78, 5) is 20.5. The molecule has 0 amide bonds. The molecule has 1 N–H and O–H groups in total. The van der Waals surface area contributed by atoms with Gasteiger partial charge in [0.1, 0.15) is 5.47 Å². The number of nitro groups is 1. The van der Waals surface area contributed by atoms with Gasteiger partial charge in [-0.15, -0.1) is 0 Å². The predicted octanol–water partition coefficient (Wildman–Crippen LogP) is 3.69. The number of hydrogen-bond donors (Lipinski definition) is 1. The van der Waals surface area contributed by atoms with Gasteiger partial charge in [0, 0.05) is 23.2 Å². The first-order chi connectivity index (χ1) is 8.86. The van der Waals surface area contributed by atoms with E-state index in [0.29, 0.717) is 11.2 Å². The van der Waals surface area contributed by atoms with Crippen molar-refractivity contribution in [2.75, 3.05) is 5.75 Å². The van der Waals surface area contributed by atoms with Gasteiger partial charge < -0.3 is 4.89 Å². The molecule has 4 nitrogen and oxygen atoms in total. The monoisotopic (exact) mass is 319 g/mol. The fourth-order valence-corrected chi connectivity index (χ4v) is 6.03. The van der Waals surface area contributed by atoms with Crippen LogP contribution >= 0.6 is 16.8 Å². The lowest BCUT2D eigenvalue weighted by Gasteiger charge is -2.17. The van der Waals surface area contributed by atoms with Crippen molar-refractivity contribution in [2.45, 2.75) is 26.7 Å². The number of nitrogens with zero attached hydrogens (tertiary/aromatic N) is 1. The van der Waals surface area contributed by atoms with Crippen LogP contribution in [0, 0.1) is 16.0 Å². The molecule has 0 spiro atoms. The van der Waals surface area contributed by atoms with Gasteiger partial charge in [0.2, 0.25) is 0 Å². The van der Waals surface area contributed by atoms with Crippen LogP contribution in [0.2, 0.25) is 0 Å². The Labute approximate surface area is 122 Å². The SMILES string of the molecule is CCCC(C)CSP(O)(=S)c1ccc([N+](=O)[O-])cc1. The normalized spacial score (nSPS) is 15.7. The number of hydrogen-bond acceptors (Lipinski definition) is 4. The Morgan fingerprint density at radius 3 is 2.53 bits per heavy atom. The second-order valence-corrected chi connectivity index (χ2v) is 11.3. The van der Waals surface area contributed by atoms with Crippen LogP contribution < -0.4 is 5.30 Å². The van der Waals surface area contributed by atoms with Crippen molar-refractivity contribution in [2.24, 2.45) is 5.92 Å². The number of rotatable bonds is 7. The molecule has 0 aliphatic carbocycles. The maximum absolute atomic E-state index is 10.6. The first-order valence-corrected chi connectivity index (χ1v) is 10.4. The minimum Gasteiger partial charge on any atom is -0.354 e. The third-order valence-corrected chi connectivity index (χ3v) is 8.43. The molecule has 7 heteroatoms. The molecular formula is C12H18NO3PS2. The Morgan fingerprint density at radius 2 is 2.05 bits per heavy atom. The summed E-state index contributed by atoms with van der Waals surface area (Å²) in [6, 6.07) is 5.91. The summed E-state index contributed by atoms with van der Waals surface area (Å²) in [7, 11) is 0. The van der Waals surface area contributed by atoms with Gasteiger partial charge in [0.25, 0.3) is 5.69 Å². The van der Waals surface area contributed by atoms with Crippen molar-refractivity contribution in [3.63, 3.8) is 0 Å². The lowest BCUT2D eigenvalue weighted by molar-refractivity contribution is -0.384. The van der Waals surface area contributed by atoms with E-state index < -0.39 is 10.4 Å². The lowest BCUT2D eigenvalue weighted by atomic mass is 10.1. The van der Waals surface area contributed by atoms with E-state index in [9.17, 15) is 15.0 Å².